The van der Waals surface area contributed by atoms with Crippen LogP contribution < -0.4 is 5.43 Å². The second-order valence-corrected chi connectivity index (χ2v) is 6.16. The number of carbonyl (C=O) groups excluding carboxylic acids is 1. The van der Waals surface area contributed by atoms with Crippen LogP contribution in [0.3, 0.4) is 0 Å². The van der Waals surface area contributed by atoms with Gasteiger partial charge in [0.15, 0.2) is 11.6 Å². The van der Waals surface area contributed by atoms with Crippen LogP contribution in [0.4, 0.5) is 5.82 Å². The molecule has 0 aliphatic heterocycles. The van der Waals surface area contributed by atoms with Gasteiger partial charge < -0.3 is 4.74 Å². The molecule has 0 aliphatic carbocycles. The van der Waals surface area contributed by atoms with E-state index in [0.717, 1.165) is 22.4 Å². The van der Waals surface area contributed by atoms with Gasteiger partial charge in [0, 0.05) is 11.4 Å². The molecule has 0 aliphatic rings. The van der Waals surface area contributed by atoms with E-state index in [0.29, 0.717) is 24.0 Å². The predicted octanol–water partition coefficient (Wildman–Crippen LogP) is 3.17. The Labute approximate surface area is 157 Å². The van der Waals surface area contributed by atoms with Gasteiger partial charge in [-0.3, -0.25) is 10.2 Å². The third kappa shape index (κ3) is 4.28. The summed E-state index contributed by atoms with van der Waals surface area (Å²) < 4.78 is 6.67. The maximum Gasteiger partial charge on any atom is 0.311 e. The van der Waals surface area contributed by atoms with Gasteiger partial charge in [-0.2, -0.15) is 10.2 Å². The van der Waals surface area contributed by atoms with E-state index < -0.39 is 0 Å². The molecule has 0 atom stereocenters. The fourth-order valence-corrected chi connectivity index (χ4v) is 2.67. The van der Waals surface area contributed by atoms with Crippen LogP contribution in [0.25, 0.3) is 16.9 Å². The third-order valence-electron chi connectivity index (χ3n) is 3.82. The summed E-state index contributed by atoms with van der Waals surface area (Å²) in [5.74, 6) is 0.694. The molecule has 1 N–H and O–H groups in total. The molecule has 2 aromatic heterocycles. The molecule has 1 aromatic carbocycles. The van der Waals surface area contributed by atoms with Crippen LogP contribution in [-0.4, -0.2) is 38.0 Å². The Morgan fingerprint density at radius 1 is 1.22 bits per heavy atom. The highest BCUT2D eigenvalue weighted by Crippen LogP contribution is 2.22. The van der Waals surface area contributed by atoms with Crippen LogP contribution in [0.1, 0.15) is 31.7 Å². The van der Waals surface area contributed by atoms with Gasteiger partial charge in [0.05, 0.1) is 29.8 Å². The number of hydrogen-bond donors (Lipinski definition) is 1. The lowest BCUT2D eigenvalue weighted by Crippen LogP contribution is -2.12. The first kappa shape index (κ1) is 18.5. The molecule has 0 bridgehead atoms. The summed E-state index contributed by atoms with van der Waals surface area (Å²) in [6, 6.07) is 9.57. The third-order valence-corrected chi connectivity index (χ3v) is 3.82. The SMILES string of the molecule is CCOC(=O)CC(C)=NNc1nc2ccccc2nc1-n1nc(C)cc1C. The average molecular weight is 366 g/mol. The number of hydrogen-bond acceptors (Lipinski definition) is 7. The number of esters is 1. The molecule has 0 saturated heterocycles. The zero-order valence-corrected chi connectivity index (χ0v) is 15.9. The number of rotatable bonds is 6. The van der Waals surface area contributed by atoms with Crippen molar-refractivity contribution in [1.29, 1.82) is 0 Å². The fraction of sp³-hybridized carbons (Fsp3) is 0.316. The fourth-order valence-electron chi connectivity index (χ4n) is 2.67. The largest absolute Gasteiger partial charge is 0.466 e. The first-order valence-electron chi connectivity index (χ1n) is 8.73. The molecule has 0 amide bonds. The number of nitrogens with one attached hydrogen (secondary N) is 1. The van der Waals surface area contributed by atoms with Crippen molar-refractivity contribution in [1.82, 2.24) is 19.7 Å². The molecule has 0 fully saturated rings. The summed E-state index contributed by atoms with van der Waals surface area (Å²) in [5, 5.41) is 8.77. The molecule has 8 nitrogen and oxygen atoms in total. The molecule has 2 heterocycles. The smallest absolute Gasteiger partial charge is 0.311 e. The van der Waals surface area contributed by atoms with Crippen LogP contribution in [0.5, 0.6) is 0 Å². The predicted molar refractivity (Wildman–Crippen MR) is 104 cm³/mol. The monoisotopic (exact) mass is 366 g/mol. The lowest BCUT2D eigenvalue weighted by Gasteiger charge is -2.11. The van der Waals surface area contributed by atoms with Gasteiger partial charge in [0.2, 0.25) is 0 Å². The van der Waals surface area contributed by atoms with Crippen LogP contribution >= 0.6 is 0 Å². The molecule has 0 unspecified atom stereocenters. The van der Waals surface area contributed by atoms with Gasteiger partial charge in [-0.1, -0.05) is 12.1 Å². The van der Waals surface area contributed by atoms with Gasteiger partial charge >= 0.3 is 5.97 Å². The second kappa shape index (κ2) is 7.94. The molecule has 140 valence electrons. The molecule has 3 aromatic rings. The van der Waals surface area contributed by atoms with Crippen LogP contribution in [0.2, 0.25) is 0 Å². The Morgan fingerprint density at radius 3 is 2.56 bits per heavy atom. The molecule has 27 heavy (non-hydrogen) atoms. The van der Waals surface area contributed by atoms with Crippen LogP contribution in [0.15, 0.2) is 35.4 Å². The Hall–Kier alpha value is -3.29. The zero-order chi connectivity index (χ0) is 19.4. The maximum absolute atomic E-state index is 11.6. The summed E-state index contributed by atoms with van der Waals surface area (Å²) in [7, 11) is 0. The lowest BCUT2D eigenvalue weighted by molar-refractivity contribution is -0.141. The highest BCUT2D eigenvalue weighted by atomic mass is 16.5. The number of fused-ring (bicyclic) bond motifs is 1. The number of aryl methyl sites for hydroxylation is 2. The molecule has 8 heteroatoms. The first-order valence-corrected chi connectivity index (χ1v) is 8.73. The van der Waals surface area contributed by atoms with E-state index in [-0.39, 0.29) is 12.4 Å². The highest BCUT2D eigenvalue weighted by Gasteiger charge is 2.14. The number of anilines is 1. The van der Waals surface area contributed by atoms with E-state index in [2.05, 4.69) is 20.6 Å². The number of aromatic nitrogens is 4. The van der Waals surface area contributed by atoms with Gasteiger partial charge in [0.25, 0.3) is 0 Å². The number of carbonyl (C=O) groups is 1. The number of para-hydroxylation sites is 2. The van der Waals surface area contributed by atoms with Crippen molar-refractivity contribution in [3.8, 4) is 5.82 Å². The molecular formula is C19H22N6O2. The van der Waals surface area contributed by atoms with Crippen molar-refractivity contribution in [2.45, 2.75) is 34.1 Å². The van der Waals surface area contributed by atoms with Gasteiger partial charge in [-0.25, -0.2) is 14.6 Å². The van der Waals surface area contributed by atoms with Crippen molar-refractivity contribution < 1.29 is 9.53 Å². The van der Waals surface area contributed by atoms with Crippen LogP contribution in [0, 0.1) is 13.8 Å². The summed E-state index contributed by atoms with van der Waals surface area (Å²) in [6.07, 6.45) is 0.108. The highest BCUT2D eigenvalue weighted by molar-refractivity contribution is 5.97. The molecule has 3 rings (SSSR count). The Bertz CT molecular complexity index is 1010. The Balaban J connectivity index is 1.99. The Kier molecular flexibility index (Phi) is 5.44. The quantitative estimate of drug-likeness (QED) is 0.409. The van der Waals surface area contributed by atoms with Gasteiger partial charge in [0.1, 0.15) is 0 Å². The summed E-state index contributed by atoms with van der Waals surface area (Å²) in [4.78, 5) is 20.9. The van der Waals surface area contributed by atoms with Gasteiger partial charge in [-0.15, -0.1) is 0 Å². The maximum atomic E-state index is 11.6. The molecule has 0 saturated carbocycles. The van der Waals surface area contributed by atoms with E-state index >= 15 is 0 Å². The first-order chi connectivity index (χ1) is 13.0. The van der Waals surface area contributed by atoms with Crippen molar-refractivity contribution in [2.24, 2.45) is 5.10 Å². The minimum Gasteiger partial charge on any atom is -0.466 e. The average Bonchev–Trinajstić information content (AvgIpc) is 2.97. The molecule has 0 spiro atoms. The van der Waals surface area contributed by atoms with Crippen molar-refractivity contribution in [3.05, 3.63) is 41.7 Å². The molecular weight excluding hydrogens is 344 g/mol. The van der Waals surface area contributed by atoms with Crippen molar-refractivity contribution in [3.63, 3.8) is 0 Å². The number of benzene rings is 1. The second-order valence-electron chi connectivity index (χ2n) is 6.16. The normalized spacial score (nSPS) is 11.6. The van der Waals surface area contributed by atoms with Crippen LogP contribution in [-0.2, 0) is 9.53 Å². The van der Waals surface area contributed by atoms with E-state index in [9.17, 15) is 4.79 Å². The minimum atomic E-state index is -0.316. The lowest BCUT2D eigenvalue weighted by atomic mass is 10.3. The number of nitrogens with zero attached hydrogens (tertiary/aromatic N) is 5. The van der Waals surface area contributed by atoms with E-state index in [4.69, 9.17) is 9.72 Å². The van der Waals surface area contributed by atoms with E-state index in [1.807, 2.05) is 44.2 Å². The summed E-state index contributed by atoms with van der Waals surface area (Å²) in [6.45, 7) is 7.75. The molecule has 0 radical (unpaired) electrons. The van der Waals surface area contributed by atoms with E-state index in [1.54, 1.807) is 18.5 Å². The summed E-state index contributed by atoms with van der Waals surface area (Å²) in [5.41, 5.74) is 6.84. The topological polar surface area (TPSA) is 94.3 Å². The number of ether oxygens (including phenoxy) is 1. The standard InChI is InChI=1S/C19H22N6O2/c1-5-27-17(26)11-12(2)22-23-18-19(25-14(4)10-13(3)24-25)21-16-9-7-6-8-15(16)20-18/h6-10H,5,11H2,1-4H3,(H,20,23). The minimum absolute atomic E-state index is 0.108. The van der Waals surface area contributed by atoms with Crippen molar-refractivity contribution in [2.75, 3.05) is 12.0 Å². The van der Waals surface area contributed by atoms with Gasteiger partial charge in [-0.05, 0) is 45.9 Å². The zero-order valence-electron chi connectivity index (χ0n) is 15.9. The van der Waals surface area contributed by atoms with Crippen molar-refractivity contribution >= 4 is 28.5 Å². The van der Waals surface area contributed by atoms with E-state index in [1.165, 1.54) is 0 Å². The number of hydrazone groups is 1. The Morgan fingerprint density at radius 2 is 1.93 bits per heavy atom. The summed E-state index contributed by atoms with van der Waals surface area (Å²) >= 11 is 0.